The number of nitrogens with zero attached hydrogens (tertiary/aromatic N) is 1. The highest BCUT2D eigenvalue weighted by Gasteiger charge is 2.12. The fraction of sp³-hybridized carbons (Fsp3) is 0.143. The van der Waals surface area contributed by atoms with E-state index in [4.69, 9.17) is 15.2 Å². The molecule has 3 aromatic rings. The molecule has 1 heterocycles. The molecule has 2 aromatic carbocycles. The second-order valence-corrected chi connectivity index (χ2v) is 5.96. The van der Waals surface area contributed by atoms with Crippen molar-refractivity contribution < 1.29 is 14.3 Å². The van der Waals surface area contributed by atoms with Crippen molar-refractivity contribution in [3.05, 3.63) is 83.6 Å². The number of nitrogen functional groups attached to an aromatic ring is 1. The number of anilines is 2. The molecule has 138 valence electrons. The summed E-state index contributed by atoms with van der Waals surface area (Å²) >= 11 is 0. The minimum atomic E-state index is -0.522. The number of nitrogens with one attached hydrogen (secondary N) is 1. The third-order valence-electron chi connectivity index (χ3n) is 4.03. The first kappa shape index (κ1) is 18.3. The van der Waals surface area contributed by atoms with Crippen LogP contribution < -0.4 is 15.8 Å². The van der Waals surface area contributed by atoms with Crippen LogP contribution in [0, 0.1) is 6.92 Å². The van der Waals surface area contributed by atoms with Crippen LogP contribution in [0.25, 0.3) is 0 Å². The van der Waals surface area contributed by atoms with Gasteiger partial charge in [-0.2, -0.15) is 0 Å². The van der Waals surface area contributed by atoms with Crippen molar-refractivity contribution in [2.24, 2.45) is 0 Å². The van der Waals surface area contributed by atoms with Crippen molar-refractivity contribution in [3.8, 4) is 5.75 Å². The molecule has 0 unspecified atom stereocenters. The average molecular weight is 363 g/mol. The van der Waals surface area contributed by atoms with E-state index in [1.54, 1.807) is 18.3 Å². The molecule has 27 heavy (non-hydrogen) atoms. The van der Waals surface area contributed by atoms with Crippen molar-refractivity contribution in [1.82, 2.24) is 4.98 Å². The van der Waals surface area contributed by atoms with Gasteiger partial charge in [0.25, 0.3) is 0 Å². The SMILES string of the molecule is Cc1cccc(NC(=O)OCc2ccccc2)c1COc1cccnc1N. The van der Waals surface area contributed by atoms with E-state index < -0.39 is 6.09 Å². The van der Waals surface area contributed by atoms with E-state index >= 15 is 0 Å². The van der Waals surface area contributed by atoms with E-state index in [0.29, 0.717) is 17.3 Å². The van der Waals surface area contributed by atoms with Crippen LogP contribution in [-0.4, -0.2) is 11.1 Å². The Labute approximate surface area is 158 Å². The summed E-state index contributed by atoms with van der Waals surface area (Å²) < 4.78 is 11.1. The van der Waals surface area contributed by atoms with Crippen LogP contribution in [0.4, 0.5) is 16.3 Å². The molecule has 0 fully saturated rings. The van der Waals surface area contributed by atoms with E-state index in [1.807, 2.05) is 55.5 Å². The Bertz CT molecular complexity index is 914. The predicted molar refractivity (Wildman–Crippen MR) is 104 cm³/mol. The summed E-state index contributed by atoms with van der Waals surface area (Å²) in [5, 5.41) is 2.78. The molecule has 0 saturated heterocycles. The topological polar surface area (TPSA) is 86.5 Å². The molecule has 0 radical (unpaired) electrons. The molecule has 6 heteroatoms. The maximum absolute atomic E-state index is 12.2. The molecule has 1 amide bonds. The second kappa shape index (κ2) is 8.71. The number of carbonyl (C=O) groups excluding carboxylic acids is 1. The Morgan fingerprint density at radius 3 is 2.63 bits per heavy atom. The summed E-state index contributed by atoms with van der Waals surface area (Å²) in [7, 11) is 0. The molecule has 0 bridgehead atoms. The predicted octanol–water partition coefficient (Wildman–Crippen LogP) is 4.30. The Kier molecular flexibility index (Phi) is 5.89. The summed E-state index contributed by atoms with van der Waals surface area (Å²) in [5.41, 5.74) is 9.20. The number of hydrogen-bond donors (Lipinski definition) is 2. The highest BCUT2D eigenvalue weighted by molar-refractivity contribution is 5.86. The number of amides is 1. The molecule has 3 N–H and O–H groups in total. The fourth-order valence-corrected chi connectivity index (χ4v) is 2.55. The van der Waals surface area contributed by atoms with Crippen molar-refractivity contribution in [3.63, 3.8) is 0 Å². The number of hydrogen-bond acceptors (Lipinski definition) is 5. The summed E-state index contributed by atoms with van der Waals surface area (Å²) in [6.07, 6.45) is 1.08. The zero-order valence-electron chi connectivity index (χ0n) is 15.0. The molecule has 0 aliphatic rings. The number of carbonyl (C=O) groups is 1. The molecular formula is C21H21N3O3. The number of aryl methyl sites for hydroxylation is 1. The molecular weight excluding hydrogens is 342 g/mol. The first-order chi connectivity index (χ1) is 13.1. The third-order valence-corrected chi connectivity index (χ3v) is 4.03. The van der Waals surface area contributed by atoms with Gasteiger partial charge < -0.3 is 15.2 Å². The normalized spacial score (nSPS) is 10.3. The van der Waals surface area contributed by atoms with E-state index in [-0.39, 0.29) is 13.2 Å². The highest BCUT2D eigenvalue weighted by Crippen LogP contribution is 2.24. The van der Waals surface area contributed by atoms with Crippen LogP contribution in [0.3, 0.4) is 0 Å². The molecule has 1 aromatic heterocycles. The molecule has 0 saturated carbocycles. The number of benzene rings is 2. The molecule has 3 rings (SSSR count). The van der Waals surface area contributed by atoms with Crippen molar-refractivity contribution in [2.75, 3.05) is 11.1 Å². The van der Waals surface area contributed by atoms with Crippen molar-refractivity contribution in [2.45, 2.75) is 20.1 Å². The minimum absolute atomic E-state index is 0.205. The van der Waals surface area contributed by atoms with Crippen LogP contribution in [0.5, 0.6) is 5.75 Å². The van der Waals surface area contributed by atoms with Gasteiger partial charge in [-0.1, -0.05) is 42.5 Å². The van der Waals surface area contributed by atoms with E-state index in [0.717, 1.165) is 16.7 Å². The number of pyridine rings is 1. The molecule has 0 atom stereocenters. The monoisotopic (exact) mass is 363 g/mol. The lowest BCUT2D eigenvalue weighted by Crippen LogP contribution is -2.16. The summed E-state index contributed by atoms with van der Waals surface area (Å²) in [5.74, 6) is 0.821. The van der Waals surface area contributed by atoms with E-state index in [2.05, 4.69) is 10.3 Å². The summed E-state index contributed by atoms with van der Waals surface area (Å²) in [6.45, 7) is 2.40. The Balaban J connectivity index is 1.66. The highest BCUT2D eigenvalue weighted by atomic mass is 16.5. The van der Waals surface area contributed by atoms with Gasteiger partial charge in [-0.15, -0.1) is 0 Å². The Morgan fingerprint density at radius 1 is 1.04 bits per heavy atom. The number of ether oxygens (including phenoxy) is 2. The maximum atomic E-state index is 12.2. The lowest BCUT2D eigenvalue weighted by atomic mass is 10.1. The lowest BCUT2D eigenvalue weighted by molar-refractivity contribution is 0.155. The van der Waals surface area contributed by atoms with Crippen LogP contribution >= 0.6 is 0 Å². The van der Waals surface area contributed by atoms with Gasteiger partial charge in [-0.05, 0) is 36.2 Å². The molecule has 0 spiro atoms. The van der Waals surface area contributed by atoms with Crippen molar-refractivity contribution in [1.29, 1.82) is 0 Å². The second-order valence-electron chi connectivity index (χ2n) is 5.96. The quantitative estimate of drug-likeness (QED) is 0.682. The van der Waals surface area contributed by atoms with Gasteiger partial charge in [0.1, 0.15) is 13.2 Å². The Hall–Kier alpha value is -3.54. The van der Waals surface area contributed by atoms with Crippen molar-refractivity contribution >= 4 is 17.6 Å². The summed E-state index contributed by atoms with van der Waals surface area (Å²) in [6, 6.07) is 18.6. The molecule has 0 aliphatic carbocycles. The van der Waals surface area contributed by atoms with E-state index in [1.165, 1.54) is 0 Å². The average Bonchev–Trinajstić information content (AvgIpc) is 2.68. The largest absolute Gasteiger partial charge is 0.485 e. The first-order valence-electron chi connectivity index (χ1n) is 8.53. The van der Waals surface area contributed by atoms with Gasteiger partial charge in [-0.3, -0.25) is 5.32 Å². The van der Waals surface area contributed by atoms with Crippen LogP contribution in [0.2, 0.25) is 0 Å². The van der Waals surface area contributed by atoms with Crippen LogP contribution in [0.1, 0.15) is 16.7 Å². The third kappa shape index (κ3) is 4.98. The van der Waals surface area contributed by atoms with Gasteiger partial charge in [0.05, 0.1) is 5.69 Å². The van der Waals surface area contributed by atoms with Gasteiger partial charge in [0.2, 0.25) is 0 Å². The van der Waals surface area contributed by atoms with Crippen LogP contribution in [-0.2, 0) is 18.0 Å². The summed E-state index contributed by atoms with van der Waals surface area (Å²) in [4.78, 5) is 16.2. The number of rotatable bonds is 6. The fourth-order valence-electron chi connectivity index (χ4n) is 2.55. The smallest absolute Gasteiger partial charge is 0.411 e. The van der Waals surface area contributed by atoms with E-state index in [9.17, 15) is 4.79 Å². The van der Waals surface area contributed by atoms with Gasteiger partial charge in [0.15, 0.2) is 11.6 Å². The van der Waals surface area contributed by atoms with Crippen LogP contribution in [0.15, 0.2) is 66.9 Å². The first-order valence-corrected chi connectivity index (χ1v) is 8.53. The zero-order valence-corrected chi connectivity index (χ0v) is 15.0. The standard InChI is InChI=1S/C21H21N3O3/c1-15-7-5-10-18(17(15)14-26-19-11-6-12-23-20(19)22)24-21(25)27-13-16-8-3-2-4-9-16/h2-12H,13-14H2,1H3,(H2,22,23)(H,24,25). The van der Waals surface area contributed by atoms with Gasteiger partial charge in [-0.25, -0.2) is 9.78 Å². The zero-order chi connectivity index (χ0) is 19.1. The number of nitrogens with two attached hydrogens (primary N) is 1. The minimum Gasteiger partial charge on any atom is -0.485 e. The Morgan fingerprint density at radius 2 is 1.85 bits per heavy atom. The molecule has 0 aliphatic heterocycles. The molecule has 6 nitrogen and oxygen atoms in total. The van der Waals surface area contributed by atoms with Gasteiger partial charge >= 0.3 is 6.09 Å². The maximum Gasteiger partial charge on any atom is 0.411 e. The number of aromatic nitrogens is 1. The lowest BCUT2D eigenvalue weighted by Gasteiger charge is -2.15. The van der Waals surface area contributed by atoms with Gasteiger partial charge in [0, 0.05) is 11.8 Å².